The van der Waals surface area contributed by atoms with Gasteiger partial charge in [-0.15, -0.1) is 0 Å². The smallest absolute Gasteiger partial charge is 0.191 e. The Hall–Kier alpha value is -0.780. The van der Waals surface area contributed by atoms with E-state index in [9.17, 15) is 8.42 Å². The summed E-state index contributed by atoms with van der Waals surface area (Å²) in [6, 6.07) is 0.336. The van der Waals surface area contributed by atoms with Crippen LogP contribution >= 0.6 is 0 Å². The zero-order valence-electron chi connectivity index (χ0n) is 13.6. The van der Waals surface area contributed by atoms with Crippen molar-refractivity contribution in [3.63, 3.8) is 0 Å². The molecule has 0 heterocycles. The highest BCUT2D eigenvalue weighted by Gasteiger charge is 2.09. The van der Waals surface area contributed by atoms with E-state index >= 15 is 0 Å². The van der Waals surface area contributed by atoms with Crippen molar-refractivity contribution in [1.82, 2.24) is 10.6 Å². The zero-order valence-corrected chi connectivity index (χ0v) is 14.4. The van der Waals surface area contributed by atoms with Crippen LogP contribution in [0.5, 0.6) is 0 Å². The molecule has 0 aliphatic heterocycles. The van der Waals surface area contributed by atoms with Gasteiger partial charge in [-0.3, -0.25) is 4.99 Å². The van der Waals surface area contributed by atoms with Crippen molar-refractivity contribution < 1.29 is 8.42 Å². The van der Waals surface area contributed by atoms with Crippen LogP contribution in [0.15, 0.2) is 4.99 Å². The molecule has 0 aromatic heterocycles. The normalized spacial score (nSPS) is 14.4. The van der Waals surface area contributed by atoms with Crippen molar-refractivity contribution in [2.75, 3.05) is 25.1 Å². The first kappa shape index (κ1) is 19.2. The minimum atomic E-state index is -2.92. The Kier molecular flexibility index (Phi) is 9.63. The van der Waals surface area contributed by atoms with Gasteiger partial charge in [0.15, 0.2) is 15.8 Å². The molecular weight excluding hydrogens is 274 g/mol. The molecule has 0 bridgehead atoms. The van der Waals surface area contributed by atoms with E-state index < -0.39 is 9.84 Å². The lowest BCUT2D eigenvalue weighted by Crippen LogP contribution is -2.43. The number of rotatable bonds is 9. The van der Waals surface area contributed by atoms with Crippen LogP contribution in [-0.2, 0) is 9.84 Å². The van der Waals surface area contributed by atoms with Gasteiger partial charge in [-0.05, 0) is 19.3 Å². The summed E-state index contributed by atoms with van der Waals surface area (Å²) < 4.78 is 22.8. The Morgan fingerprint density at radius 2 is 1.85 bits per heavy atom. The second kappa shape index (κ2) is 10.0. The van der Waals surface area contributed by atoms with Crippen molar-refractivity contribution in [3.8, 4) is 0 Å². The molecule has 0 rings (SSSR count). The first-order valence-corrected chi connectivity index (χ1v) is 9.30. The molecule has 20 heavy (non-hydrogen) atoms. The van der Waals surface area contributed by atoms with E-state index in [0.717, 1.165) is 12.3 Å². The molecule has 0 radical (unpaired) electrons. The topological polar surface area (TPSA) is 70.6 Å². The molecule has 2 N–H and O–H groups in total. The molecule has 0 fully saturated rings. The molecule has 120 valence electrons. The number of hydrogen-bond acceptors (Lipinski definition) is 3. The monoisotopic (exact) mass is 305 g/mol. The largest absolute Gasteiger partial charge is 0.355 e. The van der Waals surface area contributed by atoms with E-state index in [1.165, 1.54) is 12.8 Å². The van der Waals surface area contributed by atoms with Crippen LogP contribution in [-0.4, -0.2) is 45.5 Å². The van der Waals surface area contributed by atoms with E-state index in [-0.39, 0.29) is 11.5 Å². The maximum absolute atomic E-state index is 11.4. The summed E-state index contributed by atoms with van der Waals surface area (Å²) in [7, 11) is -1.22. The first-order valence-electron chi connectivity index (χ1n) is 7.48. The SMILES string of the molecule is CCS(=O)(=O)CCNC(=NC)NC(C)CCCC(C)C. The summed E-state index contributed by atoms with van der Waals surface area (Å²) in [5.41, 5.74) is 0. The standard InChI is InChI=1S/C14H31N3O2S/c1-6-20(18,19)11-10-16-14(15-5)17-13(4)9-7-8-12(2)3/h12-13H,6-11H2,1-5H3,(H2,15,16,17). The molecule has 0 saturated carbocycles. The fourth-order valence-corrected chi connectivity index (χ4v) is 2.50. The fraction of sp³-hybridized carbons (Fsp3) is 0.929. The summed E-state index contributed by atoms with van der Waals surface area (Å²) in [5, 5.41) is 6.34. The van der Waals surface area contributed by atoms with Gasteiger partial charge in [0.25, 0.3) is 0 Å². The van der Waals surface area contributed by atoms with Gasteiger partial charge in [0.2, 0.25) is 0 Å². The molecule has 0 amide bonds. The molecule has 5 nitrogen and oxygen atoms in total. The number of nitrogens with zero attached hydrogens (tertiary/aromatic N) is 1. The minimum Gasteiger partial charge on any atom is -0.355 e. The van der Waals surface area contributed by atoms with E-state index in [1.54, 1.807) is 14.0 Å². The van der Waals surface area contributed by atoms with Gasteiger partial charge in [-0.1, -0.05) is 33.6 Å². The Balaban J connectivity index is 3.98. The third-order valence-corrected chi connectivity index (χ3v) is 4.88. The third-order valence-electron chi connectivity index (χ3n) is 3.17. The van der Waals surface area contributed by atoms with Crippen molar-refractivity contribution in [1.29, 1.82) is 0 Å². The maximum atomic E-state index is 11.4. The molecule has 0 aromatic carbocycles. The van der Waals surface area contributed by atoms with Gasteiger partial charge in [-0.25, -0.2) is 8.42 Å². The second-order valence-electron chi connectivity index (χ2n) is 5.61. The van der Waals surface area contributed by atoms with E-state index in [1.807, 2.05) is 0 Å². The lowest BCUT2D eigenvalue weighted by Gasteiger charge is -2.18. The number of aliphatic imine (C=N–C) groups is 1. The number of nitrogens with one attached hydrogen (secondary N) is 2. The van der Waals surface area contributed by atoms with Gasteiger partial charge in [0.1, 0.15) is 0 Å². The Morgan fingerprint density at radius 3 is 2.35 bits per heavy atom. The molecule has 1 atom stereocenters. The van der Waals surface area contributed by atoms with Gasteiger partial charge >= 0.3 is 0 Å². The van der Waals surface area contributed by atoms with Crippen LogP contribution in [0, 0.1) is 5.92 Å². The fourth-order valence-electron chi connectivity index (χ4n) is 1.80. The minimum absolute atomic E-state index is 0.145. The molecule has 1 unspecified atom stereocenters. The van der Waals surface area contributed by atoms with Crippen molar-refractivity contribution in [3.05, 3.63) is 0 Å². The Labute approximate surface area is 124 Å². The van der Waals surface area contributed by atoms with Crippen molar-refractivity contribution in [2.24, 2.45) is 10.9 Å². The molecular formula is C14H31N3O2S. The lowest BCUT2D eigenvalue weighted by atomic mass is 10.0. The van der Waals surface area contributed by atoms with Gasteiger partial charge in [0.05, 0.1) is 5.75 Å². The summed E-state index contributed by atoms with van der Waals surface area (Å²) >= 11 is 0. The summed E-state index contributed by atoms with van der Waals surface area (Å²) in [6.45, 7) is 8.64. The van der Waals surface area contributed by atoms with Crippen molar-refractivity contribution >= 4 is 15.8 Å². The predicted molar refractivity (Wildman–Crippen MR) is 87.0 cm³/mol. The third kappa shape index (κ3) is 10.1. The molecule has 0 aromatic rings. The van der Waals surface area contributed by atoms with Crippen molar-refractivity contribution in [2.45, 2.75) is 53.0 Å². The average molecular weight is 305 g/mol. The van der Waals surface area contributed by atoms with Gasteiger partial charge in [0, 0.05) is 25.4 Å². The zero-order chi connectivity index (χ0) is 15.6. The molecule has 0 saturated heterocycles. The lowest BCUT2D eigenvalue weighted by molar-refractivity contribution is 0.491. The van der Waals surface area contributed by atoms with Gasteiger partial charge < -0.3 is 10.6 Å². The van der Waals surface area contributed by atoms with Crippen LogP contribution in [0.25, 0.3) is 0 Å². The van der Waals surface area contributed by atoms with Crippen LogP contribution in [0.1, 0.15) is 47.0 Å². The van der Waals surface area contributed by atoms with E-state index in [0.29, 0.717) is 18.5 Å². The maximum Gasteiger partial charge on any atom is 0.191 e. The van der Waals surface area contributed by atoms with E-state index in [4.69, 9.17) is 0 Å². The molecule has 6 heteroatoms. The molecule has 0 aliphatic rings. The average Bonchev–Trinajstić information content (AvgIpc) is 2.37. The second-order valence-corrected chi connectivity index (χ2v) is 8.08. The molecule has 0 spiro atoms. The summed E-state index contributed by atoms with van der Waals surface area (Å²) in [5.74, 6) is 1.74. The highest BCUT2D eigenvalue weighted by molar-refractivity contribution is 7.91. The highest BCUT2D eigenvalue weighted by Crippen LogP contribution is 2.07. The number of guanidine groups is 1. The predicted octanol–water partition coefficient (Wildman–Crippen LogP) is 1.80. The Bertz CT molecular complexity index is 378. The summed E-state index contributed by atoms with van der Waals surface area (Å²) in [4.78, 5) is 4.12. The summed E-state index contributed by atoms with van der Waals surface area (Å²) in [6.07, 6.45) is 3.51. The van der Waals surface area contributed by atoms with E-state index in [2.05, 4.69) is 36.4 Å². The first-order chi connectivity index (χ1) is 9.30. The van der Waals surface area contributed by atoms with Crippen LogP contribution in [0.4, 0.5) is 0 Å². The number of sulfone groups is 1. The Morgan fingerprint density at radius 1 is 1.20 bits per heavy atom. The van der Waals surface area contributed by atoms with Gasteiger partial charge in [-0.2, -0.15) is 0 Å². The van der Waals surface area contributed by atoms with Crippen LogP contribution in [0.3, 0.4) is 0 Å². The van der Waals surface area contributed by atoms with Crippen LogP contribution < -0.4 is 10.6 Å². The molecule has 0 aliphatic carbocycles. The quantitative estimate of drug-likeness (QED) is 0.503. The highest BCUT2D eigenvalue weighted by atomic mass is 32.2. The van der Waals surface area contributed by atoms with Crippen LogP contribution in [0.2, 0.25) is 0 Å². The number of hydrogen-bond donors (Lipinski definition) is 2.